The zero-order chi connectivity index (χ0) is 21.7. The van der Waals surface area contributed by atoms with Gasteiger partial charge in [0.05, 0.1) is 0 Å². The number of carbonyl (C=O) groups excluding carboxylic acids is 4. The van der Waals surface area contributed by atoms with Gasteiger partial charge in [-0.1, -0.05) is 26.0 Å². The Balaban J connectivity index is 3.41. The molecule has 0 bridgehead atoms. The van der Waals surface area contributed by atoms with E-state index in [0.29, 0.717) is 45.4 Å². The molecule has 8 nitrogen and oxygen atoms in total. The van der Waals surface area contributed by atoms with Crippen LogP contribution in [0.15, 0.2) is 25.3 Å². The highest BCUT2D eigenvalue weighted by Gasteiger charge is 2.03. The first-order valence-corrected chi connectivity index (χ1v) is 10.3. The first kappa shape index (κ1) is 26.4. The summed E-state index contributed by atoms with van der Waals surface area (Å²) in [6.45, 7) is 9.03. The summed E-state index contributed by atoms with van der Waals surface area (Å²) in [5.74, 6) is -0.335. The topological polar surface area (TPSA) is 116 Å². The predicted octanol–water partition coefficient (Wildman–Crippen LogP) is 1.33. The molecule has 0 radical (unpaired) electrons. The summed E-state index contributed by atoms with van der Waals surface area (Å²) in [6, 6.07) is 0. The molecule has 0 saturated carbocycles. The largest absolute Gasteiger partial charge is 0.356 e. The standard InChI is InChI=1S/C21H36N4O4/c1-3-18(26)22-14-9-5-7-12-20(28)24-16-11-17-25-21(29)13-8-6-10-15-23-19(27)4-2/h3-4H,1-2,5-17H2,(H,22,26)(H,23,27)(H,24,28)(H,25,29). The van der Waals surface area contributed by atoms with E-state index >= 15 is 0 Å². The van der Waals surface area contributed by atoms with Crippen LogP contribution in [0.4, 0.5) is 0 Å². The maximum Gasteiger partial charge on any atom is 0.243 e. The van der Waals surface area contributed by atoms with E-state index < -0.39 is 0 Å². The van der Waals surface area contributed by atoms with Crippen molar-refractivity contribution in [3.05, 3.63) is 25.3 Å². The van der Waals surface area contributed by atoms with Crippen LogP contribution in [0.3, 0.4) is 0 Å². The summed E-state index contributed by atoms with van der Waals surface area (Å²) in [5.41, 5.74) is 0. The lowest BCUT2D eigenvalue weighted by molar-refractivity contribution is -0.121. The summed E-state index contributed by atoms with van der Waals surface area (Å²) in [4.78, 5) is 45.3. The highest BCUT2D eigenvalue weighted by Crippen LogP contribution is 2.00. The maximum atomic E-state index is 11.7. The molecule has 0 saturated heterocycles. The fraction of sp³-hybridized carbons (Fsp3) is 0.619. The van der Waals surface area contributed by atoms with E-state index in [1.54, 1.807) is 0 Å². The molecule has 0 fully saturated rings. The lowest BCUT2D eigenvalue weighted by Gasteiger charge is -2.07. The zero-order valence-electron chi connectivity index (χ0n) is 17.4. The molecule has 164 valence electrons. The Morgan fingerprint density at radius 3 is 1.28 bits per heavy atom. The fourth-order valence-electron chi connectivity index (χ4n) is 2.46. The Bertz CT molecular complexity index is 489. The molecule has 0 aromatic rings. The van der Waals surface area contributed by atoms with Crippen molar-refractivity contribution in [1.82, 2.24) is 21.3 Å². The molecule has 0 aliphatic rings. The smallest absolute Gasteiger partial charge is 0.243 e. The van der Waals surface area contributed by atoms with Gasteiger partial charge >= 0.3 is 0 Å². The van der Waals surface area contributed by atoms with Gasteiger partial charge in [-0.15, -0.1) is 0 Å². The second-order valence-corrected chi connectivity index (χ2v) is 6.67. The number of carbonyl (C=O) groups is 4. The van der Waals surface area contributed by atoms with Gasteiger partial charge in [-0.2, -0.15) is 0 Å². The van der Waals surface area contributed by atoms with Crippen molar-refractivity contribution in [3.8, 4) is 0 Å². The van der Waals surface area contributed by atoms with E-state index in [0.717, 1.165) is 38.5 Å². The van der Waals surface area contributed by atoms with Crippen LogP contribution in [0.1, 0.15) is 57.8 Å². The van der Waals surface area contributed by atoms with Crippen LogP contribution >= 0.6 is 0 Å². The van der Waals surface area contributed by atoms with E-state index in [1.807, 2.05) is 0 Å². The summed E-state index contributed by atoms with van der Waals surface area (Å²) in [7, 11) is 0. The minimum atomic E-state index is -0.177. The van der Waals surface area contributed by atoms with Gasteiger partial charge in [-0.25, -0.2) is 0 Å². The third-order valence-corrected chi connectivity index (χ3v) is 4.13. The SMILES string of the molecule is C=CC(=O)NCCCCCC(=O)NCCCNC(=O)CCCCCNC(=O)C=C. The molecule has 29 heavy (non-hydrogen) atoms. The molecule has 8 heteroatoms. The average Bonchev–Trinajstić information content (AvgIpc) is 2.72. The van der Waals surface area contributed by atoms with Crippen molar-refractivity contribution in [2.24, 2.45) is 0 Å². The molecule has 0 rings (SSSR count). The molecule has 0 unspecified atom stereocenters. The van der Waals surface area contributed by atoms with Crippen molar-refractivity contribution in [2.75, 3.05) is 26.2 Å². The number of rotatable bonds is 18. The van der Waals surface area contributed by atoms with Crippen LogP contribution < -0.4 is 21.3 Å². The fourth-order valence-corrected chi connectivity index (χ4v) is 2.46. The van der Waals surface area contributed by atoms with Gasteiger partial charge in [-0.05, 0) is 44.3 Å². The Hall–Kier alpha value is -2.64. The molecule has 0 aliphatic heterocycles. The number of hydrogen-bond donors (Lipinski definition) is 4. The Morgan fingerprint density at radius 2 is 0.897 bits per heavy atom. The molecule has 4 N–H and O–H groups in total. The van der Waals surface area contributed by atoms with Gasteiger partial charge in [0.15, 0.2) is 0 Å². The summed E-state index contributed by atoms with van der Waals surface area (Å²) >= 11 is 0. The van der Waals surface area contributed by atoms with Gasteiger partial charge in [-0.3, -0.25) is 19.2 Å². The first-order chi connectivity index (χ1) is 14.0. The van der Waals surface area contributed by atoms with Crippen molar-refractivity contribution < 1.29 is 19.2 Å². The average molecular weight is 409 g/mol. The quantitative estimate of drug-likeness (QED) is 0.202. The lowest BCUT2D eigenvalue weighted by atomic mass is 10.2. The monoisotopic (exact) mass is 408 g/mol. The van der Waals surface area contributed by atoms with Gasteiger partial charge in [0.1, 0.15) is 0 Å². The van der Waals surface area contributed by atoms with E-state index in [1.165, 1.54) is 12.2 Å². The van der Waals surface area contributed by atoms with E-state index in [9.17, 15) is 19.2 Å². The second kappa shape index (κ2) is 18.7. The summed E-state index contributed by atoms with van der Waals surface area (Å²) in [5, 5.41) is 11.1. The minimum Gasteiger partial charge on any atom is -0.356 e. The van der Waals surface area contributed by atoms with Crippen LogP contribution in [0, 0.1) is 0 Å². The molecule has 0 aromatic carbocycles. The Kier molecular flexibility index (Phi) is 17.0. The first-order valence-electron chi connectivity index (χ1n) is 10.3. The van der Waals surface area contributed by atoms with E-state index in [4.69, 9.17) is 0 Å². The predicted molar refractivity (Wildman–Crippen MR) is 114 cm³/mol. The molecule has 0 atom stereocenters. The molecular formula is C21H36N4O4. The maximum absolute atomic E-state index is 11.7. The van der Waals surface area contributed by atoms with Crippen LogP contribution in [0.25, 0.3) is 0 Å². The number of amides is 4. The molecule has 0 spiro atoms. The van der Waals surface area contributed by atoms with Crippen molar-refractivity contribution in [3.63, 3.8) is 0 Å². The van der Waals surface area contributed by atoms with Gasteiger partial charge < -0.3 is 21.3 Å². The minimum absolute atomic E-state index is 0.00926. The Morgan fingerprint density at radius 1 is 0.517 bits per heavy atom. The van der Waals surface area contributed by atoms with E-state index in [2.05, 4.69) is 34.4 Å². The highest BCUT2D eigenvalue weighted by atomic mass is 16.2. The molecule has 0 aromatic heterocycles. The van der Waals surface area contributed by atoms with Gasteiger partial charge in [0, 0.05) is 39.0 Å². The van der Waals surface area contributed by atoms with E-state index in [-0.39, 0.29) is 23.6 Å². The van der Waals surface area contributed by atoms with Crippen molar-refractivity contribution in [1.29, 1.82) is 0 Å². The van der Waals surface area contributed by atoms with Gasteiger partial charge in [0.25, 0.3) is 0 Å². The number of unbranched alkanes of at least 4 members (excludes halogenated alkanes) is 4. The molecule has 0 heterocycles. The summed E-state index contributed by atoms with van der Waals surface area (Å²) < 4.78 is 0. The van der Waals surface area contributed by atoms with Crippen LogP contribution in [0.5, 0.6) is 0 Å². The van der Waals surface area contributed by atoms with Crippen molar-refractivity contribution >= 4 is 23.6 Å². The van der Waals surface area contributed by atoms with Gasteiger partial charge in [0.2, 0.25) is 23.6 Å². The molecule has 0 aliphatic carbocycles. The number of hydrogen-bond acceptors (Lipinski definition) is 4. The Labute approximate surface area is 174 Å². The number of nitrogens with one attached hydrogen (secondary N) is 4. The third-order valence-electron chi connectivity index (χ3n) is 4.13. The van der Waals surface area contributed by atoms with Crippen LogP contribution in [-0.4, -0.2) is 49.8 Å². The highest BCUT2D eigenvalue weighted by molar-refractivity contribution is 5.87. The third kappa shape index (κ3) is 18.5. The lowest BCUT2D eigenvalue weighted by Crippen LogP contribution is -2.29. The normalized spacial score (nSPS) is 9.93. The zero-order valence-corrected chi connectivity index (χ0v) is 17.4. The van der Waals surface area contributed by atoms with Crippen LogP contribution in [-0.2, 0) is 19.2 Å². The second-order valence-electron chi connectivity index (χ2n) is 6.67. The van der Waals surface area contributed by atoms with Crippen LogP contribution in [0.2, 0.25) is 0 Å². The molecule has 4 amide bonds. The molecular weight excluding hydrogens is 372 g/mol. The van der Waals surface area contributed by atoms with Crippen molar-refractivity contribution in [2.45, 2.75) is 57.8 Å². The summed E-state index contributed by atoms with van der Waals surface area (Å²) in [6.07, 6.45) is 9.10.